The van der Waals surface area contributed by atoms with Gasteiger partial charge in [0, 0.05) is 56.0 Å². The number of carbonyl (C=O) groups is 3. The van der Waals surface area contributed by atoms with Gasteiger partial charge in [-0.1, -0.05) is 31.0 Å². The van der Waals surface area contributed by atoms with Crippen LogP contribution in [0.25, 0.3) is 11.1 Å². The minimum Gasteiger partial charge on any atom is -0.364 e. The number of carbonyl (C=O) groups excluding carboxylic acids is 3. The number of fused-ring (bicyclic) bond motifs is 3. The molecule has 5 heterocycles. The zero-order valence-corrected chi connectivity index (χ0v) is 28.7. The molecule has 15 heteroatoms. The van der Waals surface area contributed by atoms with Gasteiger partial charge >= 0.3 is 0 Å². The van der Waals surface area contributed by atoms with E-state index < -0.39 is 11.2 Å². The van der Waals surface area contributed by atoms with Crippen LogP contribution in [0.5, 0.6) is 0 Å². The maximum absolute atomic E-state index is 12.9. The molecule has 256 valence electrons. The summed E-state index contributed by atoms with van der Waals surface area (Å²) in [5.74, 6) is 0.205. The maximum atomic E-state index is 12.9. The van der Waals surface area contributed by atoms with Crippen LogP contribution in [-0.4, -0.2) is 90.8 Å². The van der Waals surface area contributed by atoms with Crippen LogP contribution >= 0.6 is 0 Å². The summed E-state index contributed by atoms with van der Waals surface area (Å²) in [7, 11) is 16.9. The molecule has 51 heavy (non-hydrogen) atoms. The number of rotatable bonds is 10. The van der Waals surface area contributed by atoms with E-state index in [0.717, 1.165) is 48.2 Å². The van der Waals surface area contributed by atoms with Crippen molar-refractivity contribution in [1.82, 2.24) is 35.2 Å². The molecule has 3 N–H and O–H groups in total. The lowest BCUT2D eigenvalue weighted by molar-refractivity contribution is -0.117. The lowest BCUT2D eigenvalue weighted by Gasteiger charge is -2.51. The molecule has 2 aliphatic heterocycles. The number of amides is 2. The van der Waals surface area contributed by atoms with Gasteiger partial charge in [0.15, 0.2) is 17.8 Å². The Hall–Kier alpha value is -5.04. The number of nitrogens with zero attached hydrogens (tertiary/aromatic N) is 7. The second kappa shape index (κ2) is 12.9. The van der Waals surface area contributed by atoms with E-state index in [9.17, 15) is 14.4 Å². The number of likely N-dealkylation sites (tertiary alicyclic amines) is 1. The fourth-order valence-corrected chi connectivity index (χ4v) is 7.91. The molecule has 8 rings (SSSR count). The summed E-state index contributed by atoms with van der Waals surface area (Å²) in [5, 5.41) is 21.0. The van der Waals surface area contributed by atoms with E-state index in [1.807, 2.05) is 23.2 Å². The third-order valence-corrected chi connectivity index (χ3v) is 10.8. The number of pyridine rings is 1. The predicted molar refractivity (Wildman–Crippen MR) is 194 cm³/mol. The Morgan fingerprint density at radius 2 is 1.75 bits per heavy atom. The molecule has 2 aliphatic carbocycles. The highest BCUT2D eigenvalue weighted by Gasteiger charge is 2.45. The van der Waals surface area contributed by atoms with Crippen molar-refractivity contribution >= 4 is 56.7 Å². The average Bonchev–Trinajstić information content (AvgIpc) is 3.67. The van der Waals surface area contributed by atoms with Crippen molar-refractivity contribution in [2.24, 2.45) is 11.8 Å². The molecule has 0 spiro atoms. The van der Waals surface area contributed by atoms with Gasteiger partial charge in [0.25, 0.3) is 5.91 Å². The molecule has 2 amide bonds. The molecule has 1 atom stereocenters. The third-order valence-electron chi connectivity index (χ3n) is 10.8. The zero-order valence-electron chi connectivity index (χ0n) is 28.7. The summed E-state index contributed by atoms with van der Waals surface area (Å²) >= 11 is 0. The van der Waals surface area contributed by atoms with Crippen LogP contribution in [0.4, 0.5) is 22.9 Å². The summed E-state index contributed by atoms with van der Waals surface area (Å²) in [6.45, 7) is 1.14. The van der Waals surface area contributed by atoms with E-state index in [-0.39, 0.29) is 41.1 Å². The first kappa shape index (κ1) is 33.1. The average molecular weight is 680 g/mol. The van der Waals surface area contributed by atoms with Crippen LogP contribution < -0.4 is 20.9 Å². The summed E-state index contributed by atoms with van der Waals surface area (Å²) in [4.78, 5) is 45.5. The van der Waals surface area contributed by atoms with Crippen LogP contribution in [0.3, 0.4) is 0 Å². The van der Waals surface area contributed by atoms with Crippen LogP contribution in [-0.2, 0) is 10.1 Å². The largest absolute Gasteiger partial charge is 0.364 e. The number of anilines is 4. The molecule has 3 aromatic heterocycles. The quantitative estimate of drug-likeness (QED) is 0.167. The predicted octanol–water partition coefficient (Wildman–Crippen LogP) is 3.68. The number of benzene rings is 1. The Morgan fingerprint density at radius 1 is 0.980 bits per heavy atom. The van der Waals surface area contributed by atoms with E-state index in [1.165, 1.54) is 18.5 Å². The Bertz CT molecular complexity index is 2020. The second-order valence-electron chi connectivity index (χ2n) is 14.1. The Labute approximate surface area is 298 Å². The first-order valence-electron chi connectivity index (χ1n) is 17.5. The molecule has 0 bridgehead atoms. The summed E-state index contributed by atoms with van der Waals surface area (Å²) < 4.78 is 2.16. The van der Waals surface area contributed by atoms with Crippen molar-refractivity contribution in [2.75, 3.05) is 42.7 Å². The van der Waals surface area contributed by atoms with Gasteiger partial charge < -0.3 is 25.8 Å². The van der Waals surface area contributed by atoms with Gasteiger partial charge in [-0.15, -0.1) is 10.2 Å². The monoisotopic (exact) mass is 680 g/mol. The number of nitrogens with one attached hydrogen (secondary N) is 3. The lowest BCUT2D eigenvalue weighted by atomic mass is 9.57. The highest BCUT2D eigenvalue weighted by atomic mass is 16.2. The number of hydrogen-bond acceptors (Lipinski definition) is 10. The molecule has 4 aliphatic rings. The molecule has 1 unspecified atom stereocenters. The van der Waals surface area contributed by atoms with Gasteiger partial charge in [-0.3, -0.25) is 19.1 Å². The zero-order chi connectivity index (χ0) is 35.4. The van der Waals surface area contributed by atoms with Gasteiger partial charge in [0.05, 0.1) is 56.7 Å². The minimum absolute atomic E-state index is 0.00657. The highest BCUT2D eigenvalue weighted by Crippen LogP contribution is 2.53. The van der Waals surface area contributed by atoms with Gasteiger partial charge in [0.2, 0.25) is 5.91 Å². The van der Waals surface area contributed by atoms with Crippen molar-refractivity contribution in [3.63, 3.8) is 0 Å². The highest BCUT2D eigenvalue weighted by molar-refractivity contribution is 6.39. The number of para-hydroxylation sites is 1. The fourth-order valence-electron chi connectivity index (χ4n) is 7.91. The van der Waals surface area contributed by atoms with Gasteiger partial charge in [-0.2, -0.15) is 5.10 Å². The van der Waals surface area contributed by atoms with Crippen LogP contribution in [0.1, 0.15) is 83.0 Å². The van der Waals surface area contributed by atoms with Crippen molar-refractivity contribution in [1.29, 1.82) is 0 Å². The summed E-state index contributed by atoms with van der Waals surface area (Å²) in [6.07, 6.45) is 8.92. The topological polar surface area (TPSA) is 150 Å². The molecule has 4 radical (unpaired) electrons. The van der Waals surface area contributed by atoms with Crippen LogP contribution in [0.15, 0.2) is 48.7 Å². The number of aromatic nitrogens is 5. The Kier molecular flexibility index (Phi) is 8.40. The van der Waals surface area contributed by atoms with Gasteiger partial charge in [-0.25, -0.2) is 4.98 Å². The molecule has 1 saturated heterocycles. The standard InChI is InChI=1S/C36H38B2N10O3/c1-39-35(51)30-27(15-29(44-45-30)43-34(50)21-13-14-21)42-26-11-6-10-24-25-16-40-48(33(25)31(46(2)32(24)26)20-7-3-4-8-20)23-17-47(18-23)36(37,38)28-12-5-9-22(19-49)41-28/h5-6,9-12,15-16,19-21,23,31H,3-4,7-8,13-14,17-18H2,1-2H3,(H,39,51)(H2,42,43,44,50). The molecule has 3 fully saturated rings. The fraction of sp³-hybridized carbons (Fsp3) is 0.417. The molecule has 4 aromatic rings. The summed E-state index contributed by atoms with van der Waals surface area (Å²) in [6, 6.07) is 12.9. The van der Waals surface area contributed by atoms with E-state index in [1.54, 1.807) is 31.3 Å². The Balaban J connectivity index is 1.14. The van der Waals surface area contributed by atoms with Crippen molar-refractivity contribution < 1.29 is 14.4 Å². The number of hydrogen-bond donors (Lipinski definition) is 3. The lowest BCUT2D eigenvalue weighted by Crippen LogP contribution is -2.60. The van der Waals surface area contributed by atoms with E-state index in [0.29, 0.717) is 36.7 Å². The molecular weight excluding hydrogens is 642 g/mol. The van der Waals surface area contributed by atoms with E-state index in [2.05, 4.69) is 53.8 Å². The number of aldehydes is 1. The molecule has 2 saturated carbocycles. The SMILES string of the molecule is [B]C([B])(c1cccc(C=O)n1)N1CC(n2ncc3c2C(C2CCCC2)N(C)c2c(Nc4cc(NC(=O)C5CC5)nnc4C(=O)NC)cccc2-3)C1. The van der Waals surface area contributed by atoms with E-state index >= 15 is 0 Å². The van der Waals surface area contributed by atoms with Crippen molar-refractivity contribution in [3.8, 4) is 11.1 Å². The third kappa shape index (κ3) is 5.86. The minimum atomic E-state index is -1.34. The van der Waals surface area contributed by atoms with Crippen molar-refractivity contribution in [3.05, 3.63) is 71.4 Å². The second-order valence-corrected chi connectivity index (χ2v) is 14.1. The first-order chi connectivity index (χ1) is 24.7. The van der Waals surface area contributed by atoms with Crippen molar-refractivity contribution in [2.45, 2.75) is 55.9 Å². The smallest absolute Gasteiger partial charge is 0.273 e. The Morgan fingerprint density at radius 3 is 2.47 bits per heavy atom. The normalized spacial score (nSPS) is 19.2. The van der Waals surface area contributed by atoms with E-state index in [4.69, 9.17) is 20.8 Å². The molecule has 13 nitrogen and oxygen atoms in total. The first-order valence-corrected chi connectivity index (χ1v) is 17.5. The molecule has 1 aromatic carbocycles. The van der Waals surface area contributed by atoms with Gasteiger partial charge in [0.1, 0.15) is 5.69 Å². The maximum Gasteiger partial charge on any atom is 0.273 e. The van der Waals surface area contributed by atoms with Crippen LogP contribution in [0, 0.1) is 11.8 Å². The molecular formula is C36H38B2N10O3. The van der Waals surface area contributed by atoms with Crippen LogP contribution in [0.2, 0.25) is 0 Å². The summed E-state index contributed by atoms with van der Waals surface area (Å²) in [5.41, 5.74) is 6.31. The van der Waals surface area contributed by atoms with Gasteiger partial charge in [-0.05, 0) is 55.1 Å².